The number of carbonyl (C=O) groups excluding carboxylic acids is 1. The lowest BCUT2D eigenvalue weighted by Gasteiger charge is -2.21. The Morgan fingerprint density at radius 2 is 1.95 bits per heavy atom. The van der Waals surface area contributed by atoms with E-state index >= 15 is 0 Å². The van der Waals surface area contributed by atoms with Crippen LogP contribution in [0.25, 0.3) is 0 Å². The van der Waals surface area contributed by atoms with Crippen LogP contribution in [0.4, 0.5) is 15.8 Å². The number of hydrogen-bond acceptors (Lipinski definition) is 4. The third kappa shape index (κ3) is 4.11. The number of rotatable bonds is 4. The summed E-state index contributed by atoms with van der Waals surface area (Å²) < 4.78 is 13.2. The van der Waals surface area contributed by atoms with E-state index in [-0.39, 0.29) is 23.7 Å². The molecule has 1 aromatic rings. The van der Waals surface area contributed by atoms with Gasteiger partial charge in [0.1, 0.15) is 11.4 Å². The fourth-order valence-electron chi connectivity index (χ4n) is 1.61. The maximum atomic E-state index is 13.2. The molecule has 7 heteroatoms. The van der Waals surface area contributed by atoms with Crippen molar-refractivity contribution in [2.45, 2.75) is 26.3 Å². The summed E-state index contributed by atoms with van der Waals surface area (Å²) >= 11 is 0. The molecule has 20 heavy (non-hydrogen) atoms. The van der Waals surface area contributed by atoms with Crippen LogP contribution in [0.2, 0.25) is 0 Å². The maximum Gasteiger partial charge on any atom is 0.340 e. The van der Waals surface area contributed by atoms with E-state index in [0.29, 0.717) is 0 Å². The van der Waals surface area contributed by atoms with E-state index in [1.165, 1.54) is 6.07 Å². The first-order valence-corrected chi connectivity index (χ1v) is 5.98. The van der Waals surface area contributed by atoms with Gasteiger partial charge >= 0.3 is 5.97 Å². The summed E-state index contributed by atoms with van der Waals surface area (Å²) in [5.41, 5.74) is 4.26. The first kappa shape index (κ1) is 15.7. The monoisotopic (exact) mass is 283 g/mol. The molecule has 0 saturated carbocycles. The second-order valence-corrected chi connectivity index (χ2v) is 5.34. The minimum absolute atomic E-state index is 0.0976. The van der Waals surface area contributed by atoms with Gasteiger partial charge in [-0.2, -0.15) is 0 Å². The topological polar surface area (TPSA) is 104 Å². The summed E-state index contributed by atoms with van der Waals surface area (Å²) in [5.74, 6) is -2.48. The van der Waals surface area contributed by atoms with Crippen LogP contribution >= 0.6 is 0 Å². The van der Waals surface area contributed by atoms with E-state index in [9.17, 15) is 14.0 Å². The van der Waals surface area contributed by atoms with E-state index in [1.807, 2.05) is 20.8 Å². The van der Waals surface area contributed by atoms with Gasteiger partial charge < -0.3 is 21.5 Å². The SMILES string of the molecule is CC(C)(C)NC(=O)CNc1ccc(F)c(N)c1C(=O)O. The molecule has 0 aromatic heterocycles. The molecule has 0 aliphatic heterocycles. The van der Waals surface area contributed by atoms with Crippen molar-refractivity contribution < 1.29 is 19.1 Å². The minimum Gasteiger partial charge on any atom is -0.478 e. The van der Waals surface area contributed by atoms with E-state index in [2.05, 4.69) is 10.6 Å². The lowest BCUT2D eigenvalue weighted by molar-refractivity contribution is -0.120. The molecule has 0 unspecified atom stereocenters. The molecule has 110 valence electrons. The molecule has 1 amide bonds. The second-order valence-electron chi connectivity index (χ2n) is 5.34. The van der Waals surface area contributed by atoms with Crippen molar-refractivity contribution in [3.63, 3.8) is 0 Å². The lowest BCUT2D eigenvalue weighted by atomic mass is 10.1. The molecule has 0 bridgehead atoms. The summed E-state index contributed by atoms with van der Waals surface area (Å²) in [6.45, 7) is 5.33. The van der Waals surface area contributed by atoms with Gasteiger partial charge in [-0.05, 0) is 32.9 Å². The third-order valence-corrected chi connectivity index (χ3v) is 2.36. The number of aromatic carboxylic acids is 1. The van der Waals surface area contributed by atoms with Gasteiger partial charge in [-0.25, -0.2) is 9.18 Å². The molecule has 0 spiro atoms. The molecule has 0 aliphatic carbocycles. The van der Waals surface area contributed by atoms with Gasteiger partial charge in [-0.1, -0.05) is 0 Å². The van der Waals surface area contributed by atoms with Crippen molar-refractivity contribution >= 4 is 23.3 Å². The van der Waals surface area contributed by atoms with Gasteiger partial charge in [0.25, 0.3) is 0 Å². The second kappa shape index (κ2) is 5.77. The smallest absolute Gasteiger partial charge is 0.340 e. The van der Waals surface area contributed by atoms with E-state index in [4.69, 9.17) is 10.8 Å². The summed E-state index contributed by atoms with van der Waals surface area (Å²) in [7, 11) is 0. The standard InChI is InChI=1S/C13H18FN3O3/c1-13(2,3)17-9(18)6-16-8-5-4-7(14)11(15)10(8)12(19)20/h4-5,16H,6,15H2,1-3H3,(H,17,18)(H,19,20). The Labute approximate surface area is 116 Å². The summed E-state index contributed by atoms with van der Waals surface area (Å²) in [5, 5.41) is 14.4. The van der Waals surface area contributed by atoms with Gasteiger partial charge in [-0.3, -0.25) is 4.79 Å². The van der Waals surface area contributed by atoms with Crippen LogP contribution in [0.5, 0.6) is 0 Å². The summed E-state index contributed by atoms with van der Waals surface area (Å²) in [6, 6.07) is 2.28. The van der Waals surface area contributed by atoms with Crippen LogP contribution in [0.15, 0.2) is 12.1 Å². The number of carbonyl (C=O) groups is 2. The molecule has 0 fully saturated rings. The predicted molar refractivity (Wildman–Crippen MR) is 74.2 cm³/mol. The molecule has 0 atom stereocenters. The molecular formula is C13H18FN3O3. The Morgan fingerprint density at radius 1 is 1.35 bits per heavy atom. The van der Waals surface area contributed by atoms with Crippen LogP contribution in [0.3, 0.4) is 0 Å². The van der Waals surface area contributed by atoms with Gasteiger partial charge in [0.15, 0.2) is 0 Å². The van der Waals surface area contributed by atoms with Gasteiger partial charge in [-0.15, -0.1) is 0 Å². The Balaban J connectivity index is 2.86. The zero-order chi connectivity index (χ0) is 15.5. The van der Waals surface area contributed by atoms with Gasteiger partial charge in [0, 0.05) is 5.54 Å². The maximum absolute atomic E-state index is 13.2. The minimum atomic E-state index is -1.36. The first-order chi connectivity index (χ1) is 9.11. The molecule has 1 rings (SSSR count). The number of hydrogen-bond donors (Lipinski definition) is 4. The van der Waals surface area contributed by atoms with Crippen LogP contribution in [-0.2, 0) is 4.79 Å². The highest BCUT2D eigenvalue weighted by molar-refractivity contribution is 6.00. The fourth-order valence-corrected chi connectivity index (χ4v) is 1.61. The van der Waals surface area contributed by atoms with E-state index in [1.54, 1.807) is 0 Å². The number of halogens is 1. The molecule has 5 N–H and O–H groups in total. The van der Waals surface area contributed by atoms with E-state index in [0.717, 1.165) is 6.07 Å². The molecule has 0 heterocycles. The Bertz CT molecular complexity index is 538. The number of nitrogens with one attached hydrogen (secondary N) is 2. The fraction of sp³-hybridized carbons (Fsp3) is 0.385. The predicted octanol–water partition coefficient (Wildman–Crippen LogP) is 1.43. The van der Waals surface area contributed by atoms with Crippen LogP contribution in [-0.4, -0.2) is 29.1 Å². The average Bonchev–Trinajstić information content (AvgIpc) is 2.27. The Kier molecular flexibility index (Phi) is 4.54. The van der Waals surface area contributed by atoms with Crippen molar-refractivity contribution in [3.05, 3.63) is 23.5 Å². The largest absolute Gasteiger partial charge is 0.478 e. The Morgan fingerprint density at radius 3 is 2.45 bits per heavy atom. The van der Waals surface area contributed by atoms with Crippen LogP contribution < -0.4 is 16.4 Å². The quantitative estimate of drug-likeness (QED) is 0.626. The number of nitrogen functional groups attached to an aromatic ring is 1. The molecule has 6 nitrogen and oxygen atoms in total. The molecule has 0 aliphatic rings. The number of benzene rings is 1. The third-order valence-electron chi connectivity index (χ3n) is 2.36. The molecule has 1 aromatic carbocycles. The lowest BCUT2D eigenvalue weighted by Crippen LogP contribution is -2.43. The van der Waals surface area contributed by atoms with Crippen molar-refractivity contribution in [3.8, 4) is 0 Å². The zero-order valence-electron chi connectivity index (χ0n) is 11.6. The highest BCUT2D eigenvalue weighted by atomic mass is 19.1. The van der Waals surface area contributed by atoms with Gasteiger partial charge in [0.05, 0.1) is 17.9 Å². The van der Waals surface area contributed by atoms with Crippen LogP contribution in [0.1, 0.15) is 31.1 Å². The number of carboxylic acid groups (broad SMARTS) is 1. The van der Waals surface area contributed by atoms with Crippen molar-refractivity contribution in [2.24, 2.45) is 0 Å². The van der Waals surface area contributed by atoms with Crippen molar-refractivity contribution in [1.29, 1.82) is 0 Å². The first-order valence-electron chi connectivity index (χ1n) is 5.98. The highest BCUT2D eigenvalue weighted by Gasteiger charge is 2.19. The molecular weight excluding hydrogens is 265 g/mol. The Hall–Kier alpha value is -2.31. The normalized spacial score (nSPS) is 11.0. The average molecular weight is 283 g/mol. The molecule has 0 radical (unpaired) electrons. The van der Waals surface area contributed by atoms with Crippen molar-refractivity contribution in [2.75, 3.05) is 17.6 Å². The van der Waals surface area contributed by atoms with Crippen LogP contribution in [0, 0.1) is 5.82 Å². The summed E-state index contributed by atoms with van der Waals surface area (Å²) in [4.78, 5) is 22.7. The zero-order valence-corrected chi connectivity index (χ0v) is 11.6. The van der Waals surface area contributed by atoms with E-state index < -0.39 is 23.0 Å². The number of carboxylic acids is 1. The van der Waals surface area contributed by atoms with Crippen molar-refractivity contribution in [1.82, 2.24) is 5.32 Å². The number of anilines is 2. The summed E-state index contributed by atoms with van der Waals surface area (Å²) in [6.07, 6.45) is 0. The number of amides is 1. The van der Waals surface area contributed by atoms with Gasteiger partial charge in [0.2, 0.25) is 5.91 Å². The molecule has 0 saturated heterocycles. The number of nitrogens with two attached hydrogens (primary N) is 1. The highest BCUT2D eigenvalue weighted by Crippen LogP contribution is 2.24.